The van der Waals surface area contributed by atoms with E-state index >= 15 is 0 Å². The van der Waals surface area contributed by atoms with Gasteiger partial charge in [-0.2, -0.15) is 0 Å². The molecule has 1 fully saturated rings. The lowest BCUT2D eigenvalue weighted by Gasteiger charge is -2.40. The van der Waals surface area contributed by atoms with Crippen LogP contribution in [0.5, 0.6) is 0 Å². The summed E-state index contributed by atoms with van der Waals surface area (Å²) in [5, 5.41) is 0. The number of carbonyl (C=O) groups is 1. The highest BCUT2D eigenvalue weighted by Crippen LogP contribution is 2.37. The molecule has 0 unspecified atom stereocenters. The van der Waals surface area contributed by atoms with Crippen molar-refractivity contribution >= 4 is 5.91 Å². The molecule has 3 heteroatoms. The summed E-state index contributed by atoms with van der Waals surface area (Å²) >= 11 is 0. The first kappa shape index (κ1) is 16.3. The zero-order chi connectivity index (χ0) is 17.2. The van der Waals surface area contributed by atoms with Crippen molar-refractivity contribution in [2.75, 3.05) is 6.54 Å². The summed E-state index contributed by atoms with van der Waals surface area (Å²) < 4.78 is 13.4. The van der Waals surface area contributed by atoms with Gasteiger partial charge in [-0.3, -0.25) is 4.79 Å². The molecule has 1 amide bonds. The summed E-state index contributed by atoms with van der Waals surface area (Å²) in [7, 11) is 0. The SMILES string of the molecule is O=C(C1CCCCC1)N1CCc2ccccc2[C@H]1c1ccc(F)cc1. The molecule has 2 aromatic carbocycles. The maximum absolute atomic E-state index is 13.4. The van der Waals surface area contributed by atoms with Gasteiger partial charge in [-0.1, -0.05) is 55.7 Å². The summed E-state index contributed by atoms with van der Waals surface area (Å²) in [6.45, 7) is 0.744. The summed E-state index contributed by atoms with van der Waals surface area (Å²) in [6, 6.07) is 14.9. The van der Waals surface area contributed by atoms with Gasteiger partial charge < -0.3 is 4.90 Å². The lowest BCUT2D eigenvalue weighted by atomic mass is 9.84. The Morgan fingerprint density at radius 3 is 2.44 bits per heavy atom. The van der Waals surface area contributed by atoms with E-state index in [9.17, 15) is 9.18 Å². The molecule has 0 saturated heterocycles. The molecule has 130 valence electrons. The van der Waals surface area contributed by atoms with Gasteiger partial charge in [0.25, 0.3) is 0 Å². The fourth-order valence-electron chi connectivity index (χ4n) is 4.39. The van der Waals surface area contributed by atoms with E-state index in [1.165, 1.54) is 29.7 Å². The third-order valence-corrected chi connectivity index (χ3v) is 5.71. The highest BCUT2D eigenvalue weighted by Gasteiger charge is 2.35. The molecule has 4 rings (SSSR count). The van der Waals surface area contributed by atoms with Crippen molar-refractivity contribution in [2.45, 2.75) is 44.6 Å². The van der Waals surface area contributed by atoms with E-state index in [4.69, 9.17) is 0 Å². The van der Waals surface area contributed by atoms with Crippen molar-refractivity contribution in [1.82, 2.24) is 4.90 Å². The van der Waals surface area contributed by atoms with Crippen LogP contribution in [0.1, 0.15) is 54.8 Å². The lowest BCUT2D eigenvalue weighted by Crippen LogP contribution is -2.44. The van der Waals surface area contributed by atoms with Gasteiger partial charge in [-0.15, -0.1) is 0 Å². The van der Waals surface area contributed by atoms with Crippen molar-refractivity contribution in [2.24, 2.45) is 5.92 Å². The maximum atomic E-state index is 13.4. The average Bonchev–Trinajstić information content (AvgIpc) is 2.68. The molecule has 2 aromatic rings. The Hall–Kier alpha value is -2.16. The number of nitrogens with zero attached hydrogens (tertiary/aromatic N) is 1. The van der Waals surface area contributed by atoms with Crippen LogP contribution in [-0.4, -0.2) is 17.4 Å². The molecule has 0 bridgehead atoms. The molecule has 0 aromatic heterocycles. The molecule has 1 aliphatic carbocycles. The Kier molecular flexibility index (Phi) is 4.56. The monoisotopic (exact) mass is 337 g/mol. The van der Waals surface area contributed by atoms with Gasteiger partial charge in [0.1, 0.15) is 5.82 Å². The van der Waals surface area contributed by atoms with Crippen molar-refractivity contribution in [3.8, 4) is 0 Å². The molecule has 0 N–H and O–H groups in total. The number of amides is 1. The minimum Gasteiger partial charge on any atom is -0.331 e. The Morgan fingerprint density at radius 1 is 0.960 bits per heavy atom. The molecule has 1 heterocycles. The van der Waals surface area contributed by atoms with Crippen LogP contribution in [-0.2, 0) is 11.2 Å². The highest BCUT2D eigenvalue weighted by molar-refractivity contribution is 5.80. The Balaban J connectivity index is 1.72. The largest absolute Gasteiger partial charge is 0.331 e. The first-order valence-corrected chi connectivity index (χ1v) is 9.38. The van der Waals surface area contributed by atoms with E-state index in [-0.39, 0.29) is 23.7 Å². The molecule has 1 saturated carbocycles. The first-order chi connectivity index (χ1) is 12.2. The van der Waals surface area contributed by atoms with Gasteiger partial charge in [0.15, 0.2) is 0 Å². The highest BCUT2D eigenvalue weighted by atomic mass is 19.1. The number of hydrogen-bond acceptors (Lipinski definition) is 1. The molecule has 2 nitrogen and oxygen atoms in total. The molecule has 1 aliphatic heterocycles. The zero-order valence-electron chi connectivity index (χ0n) is 14.5. The van der Waals surface area contributed by atoms with Crippen LogP contribution in [0.4, 0.5) is 4.39 Å². The van der Waals surface area contributed by atoms with Crippen molar-refractivity contribution in [1.29, 1.82) is 0 Å². The van der Waals surface area contributed by atoms with Crippen molar-refractivity contribution in [3.63, 3.8) is 0 Å². The number of rotatable bonds is 2. The number of fused-ring (bicyclic) bond motifs is 1. The van der Waals surface area contributed by atoms with Crippen LogP contribution in [0, 0.1) is 11.7 Å². The second-order valence-corrected chi connectivity index (χ2v) is 7.27. The predicted octanol–water partition coefficient (Wildman–Crippen LogP) is 4.88. The van der Waals surface area contributed by atoms with Gasteiger partial charge >= 0.3 is 0 Å². The second kappa shape index (κ2) is 6.99. The van der Waals surface area contributed by atoms with E-state index in [1.54, 1.807) is 0 Å². The van der Waals surface area contributed by atoms with Crippen LogP contribution in [0.15, 0.2) is 48.5 Å². The zero-order valence-corrected chi connectivity index (χ0v) is 14.5. The molecular weight excluding hydrogens is 313 g/mol. The van der Waals surface area contributed by atoms with Gasteiger partial charge in [0.2, 0.25) is 5.91 Å². The Bertz CT molecular complexity index is 749. The summed E-state index contributed by atoms with van der Waals surface area (Å²) in [5.41, 5.74) is 3.48. The Labute approximate surface area is 148 Å². The summed E-state index contributed by atoms with van der Waals surface area (Å²) in [5.74, 6) is 0.198. The first-order valence-electron chi connectivity index (χ1n) is 9.38. The van der Waals surface area contributed by atoms with Crippen LogP contribution in [0.2, 0.25) is 0 Å². The van der Waals surface area contributed by atoms with Gasteiger partial charge in [-0.25, -0.2) is 4.39 Å². The molecule has 25 heavy (non-hydrogen) atoms. The third kappa shape index (κ3) is 3.20. The maximum Gasteiger partial charge on any atom is 0.226 e. The fraction of sp³-hybridized carbons (Fsp3) is 0.409. The standard InChI is InChI=1S/C22H24FNO/c23-19-12-10-17(11-13-19)21-20-9-5-4-6-16(20)14-15-24(21)22(25)18-7-2-1-3-8-18/h4-6,9-13,18,21H,1-3,7-8,14-15H2/t21-/m1/s1. The van der Waals surface area contributed by atoms with E-state index < -0.39 is 0 Å². The third-order valence-electron chi connectivity index (χ3n) is 5.71. The molecule has 1 atom stereocenters. The van der Waals surface area contributed by atoms with Gasteiger partial charge in [0, 0.05) is 12.5 Å². The molecule has 0 radical (unpaired) electrons. The van der Waals surface area contributed by atoms with Gasteiger partial charge in [0.05, 0.1) is 6.04 Å². The molecule has 2 aliphatic rings. The number of carbonyl (C=O) groups excluding carboxylic acids is 1. The van der Waals surface area contributed by atoms with Crippen LogP contribution in [0.25, 0.3) is 0 Å². The quantitative estimate of drug-likeness (QED) is 0.765. The lowest BCUT2D eigenvalue weighted by molar-refractivity contribution is -0.138. The van der Waals surface area contributed by atoms with E-state index in [2.05, 4.69) is 18.2 Å². The minimum absolute atomic E-state index is 0.0972. The summed E-state index contributed by atoms with van der Waals surface area (Å²) in [6.07, 6.45) is 6.46. The van der Waals surface area contributed by atoms with Crippen molar-refractivity contribution in [3.05, 3.63) is 71.0 Å². The molecular formula is C22H24FNO. The summed E-state index contributed by atoms with van der Waals surface area (Å²) in [4.78, 5) is 15.3. The fourth-order valence-corrected chi connectivity index (χ4v) is 4.39. The number of benzene rings is 2. The predicted molar refractivity (Wildman–Crippen MR) is 96.7 cm³/mol. The van der Waals surface area contributed by atoms with Crippen LogP contribution < -0.4 is 0 Å². The van der Waals surface area contributed by atoms with E-state index in [0.717, 1.165) is 44.2 Å². The topological polar surface area (TPSA) is 20.3 Å². The van der Waals surface area contributed by atoms with Crippen molar-refractivity contribution < 1.29 is 9.18 Å². The van der Waals surface area contributed by atoms with E-state index in [1.807, 2.05) is 23.1 Å². The average molecular weight is 337 g/mol. The normalized spacial score (nSPS) is 21.0. The number of hydrogen-bond donors (Lipinski definition) is 0. The number of halogens is 1. The minimum atomic E-state index is -0.238. The van der Waals surface area contributed by atoms with Crippen LogP contribution in [0.3, 0.4) is 0 Å². The Morgan fingerprint density at radius 2 is 1.68 bits per heavy atom. The van der Waals surface area contributed by atoms with E-state index in [0.29, 0.717) is 0 Å². The smallest absolute Gasteiger partial charge is 0.226 e. The van der Waals surface area contributed by atoms with Gasteiger partial charge in [-0.05, 0) is 48.1 Å². The molecule has 0 spiro atoms. The van der Waals surface area contributed by atoms with Crippen LogP contribution >= 0.6 is 0 Å². The second-order valence-electron chi connectivity index (χ2n) is 7.27.